The van der Waals surface area contributed by atoms with Gasteiger partial charge in [-0.15, -0.1) is 11.8 Å². The molecule has 0 spiro atoms. The van der Waals surface area contributed by atoms with Crippen LogP contribution in [0, 0.1) is 11.6 Å². The molecular formula is C16H16BrF2NS. The average Bonchev–Trinajstić information content (AvgIpc) is 2.47. The minimum Gasteiger partial charge on any atom is -0.309 e. The van der Waals surface area contributed by atoms with Gasteiger partial charge in [0.25, 0.3) is 0 Å². The van der Waals surface area contributed by atoms with Gasteiger partial charge >= 0.3 is 0 Å². The number of rotatable bonds is 6. The predicted molar refractivity (Wildman–Crippen MR) is 87.6 cm³/mol. The van der Waals surface area contributed by atoms with E-state index in [1.54, 1.807) is 18.2 Å². The maximum Gasteiger partial charge on any atom is 0.142 e. The fourth-order valence-electron chi connectivity index (χ4n) is 2.03. The van der Waals surface area contributed by atoms with Crippen molar-refractivity contribution in [3.05, 3.63) is 64.1 Å². The summed E-state index contributed by atoms with van der Waals surface area (Å²) in [6.45, 7) is 2.72. The van der Waals surface area contributed by atoms with Gasteiger partial charge in [0.05, 0.1) is 4.47 Å². The standard InChI is InChI=1S/C16H16BrF2NS/c1-2-20-15(13-7-4-8-14(17)16(13)19)10-21-12-6-3-5-11(18)9-12/h3-9,15,20H,2,10H2,1H3. The average molecular weight is 372 g/mol. The monoisotopic (exact) mass is 371 g/mol. The fraction of sp³-hybridized carbons (Fsp3) is 0.250. The molecule has 5 heteroatoms. The molecule has 112 valence electrons. The van der Waals surface area contributed by atoms with Crippen molar-refractivity contribution < 1.29 is 8.78 Å². The highest BCUT2D eigenvalue weighted by molar-refractivity contribution is 9.10. The highest BCUT2D eigenvalue weighted by atomic mass is 79.9. The Labute approximate surface area is 136 Å². The Morgan fingerprint density at radius 1 is 1.19 bits per heavy atom. The summed E-state index contributed by atoms with van der Waals surface area (Å²) in [5, 5.41) is 3.28. The van der Waals surface area contributed by atoms with E-state index in [2.05, 4.69) is 21.2 Å². The molecule has 0 fully saturated rings. The van der Waals surface area contributed by atoms with E-state index in [1.165, 1.54) is 23.9 Å². The zero-order valence-electron chi connectivity index (χ0n) is 11.6. The zero-order chi connectivity index (χ0) is 15.2. The van der Waals surface area contributed by atoms with Gasteiger partial charge in [-0.1, -0.05) is 25.1 Å². The van der Waals surface area contributed by atoms with Gasteiger partial charge in [-0.2, -0.15) is 0 Å². The number of halogens is 3. The molecule has 0 saturated heterocycles. The van der Waals surface area contributed by atoms with E-state index in [-0.39, 0.29) is 17.7 Å². The maximum absolute atomic E-state index is 14.2. The summed E-state index contributed by atoms with van der Waals surface area (Å²) in [6.07, 6.45) is 0. The highest BCUT2D eigenvalue weighted by Crippen LogP contribution is 2.29. The minimum absolute atomic E-state index is 0.124. The summed E-state index contributed by atoms with van der Waals surface area (Å²) in [5.74, 6) is 0.127. The first-order valence-corrected chi connectivity index (χ1v) is 8.45. The molecule has 0 saturated carbocycles. The highest BCUT2D eigenvalue weighted by Gasteiger charge is 2.17. The van der Waals surface area contributed by atoms with Crippen LogP contribution in [0.5, 0.6) is 0 Å². The van der Waals surface area contributed by atoms with Gasteiger partial charge in [0, 0.05) is 22.3 Å². The summed E-state index contributed by atoms with van der Waals surface area (Å²) >= 11 is 4.72. The molecule has 0 aliphatic heterocycles. The quantitative estimate of drug-likeness (QED) is 0.702. The van der Waals surface area contributed by atoms with E-state index in [4.69, 9.17) is 0 Å². The Kier molecular flexibility index (Phi) is 6.21. The first-order chi connectivity index (χ1) is 10.1. The van der Waals surface area contributed by atoms with Gasteiger partial charge in [0.1, 0.15) is 11.6 Å². The van der Waals surface area contributed by atoms with Crippen LogP contribution in [0.2, 0.25) is 0 Å². The molecule has 2 aromatic rings. The number of hydrogen-bond donors (Lipinski definition) is 1. The van der Waals surface area contributed by atoms with Crippen molar-refractivity contribution in [2.45, 2.75) is 17.9 Å². The van der Waals surface area contributed by atoms with Crippen LogP contribution in [-0.4, -0.2) is 12.3 Å². The number of nitrogens with one attached hydrogen (secondary N) is 1. The first kappa shape index (κ1) is 16.5. The minimum atomic E-state index is -0.256. The second-order valence-corrected chi connectivity index (χ2v) is 6.47. The molecule has 1 nitrogen and oxygen atoms in total. The lowest BCUT2D eigenvalue weighted by Gasteiger charge is -2.19. The van der Waals surface area contributed by atoms with Crippen LogP contribution >= 0.6 is 27.7 Å². The van der Waals surface area contributed by atoms with E-state index in [1.807, 2.05) is 19.1 Å². The zero-order valence-corrected chi connectivity index (χ0v) is 14.0. The Morgan fingerprint density at radius 3 is 2.67 bits per heavy atom. The van der Waals surface area contributed by atoms with Crippen molar-refractivity contribution >= 4 is 27.7 Å². The molecule has 1 N–H and O–H groups in total. The second-order valence-electron chi connectivity index (χ2n) is 4.52. The van der Waals surface area contributed by atoms with Crippen LogP contribution in [0.15, 0.2) is 51.8 Å². The molecule has 0 amide bonds. The SMILES string of the molecule is CCNC(CSc1cccc(F)c1)c1cccc(Br)c1F. The van der Waals surface area contributed by atoms with Crippen molar-refractivity contribution in [3.8, 4) is 0 Å². The Balaban J connectivity index is 2.14. The molecule has 0 bridgehead atoms. The van der Waals surface area contributed by atoms with Crippen molar-refractivity contribution in [1.29, 1.82) is 0 Å². The third-order valence-electron chi connectivity index (χ3n) is 3.02. The molecule has 0 aliphatic rings. The van der Waals surface area contributed by atoms with Gasteiger partial charge in [0.15, 0.2) is 0 Å². The van der Waals surface area contributed by atoms with Gasteiger partial charge in [-0.3, -0.25) is 0 Å². The lowest BCUT2D eigenvalue weighted by Crippen LogP contribution is -2.24. The molecule has 2 aromatic carbocycles. The van der Waals surface area contributed by atoms with Crippen LogP contribution in [0.3, 0.4) is 0 Å². The molecule has 1 unspecified atom stereocenters. The fourth-order valence-corrected chi connectivity index (χ4v) is 3.44. The second kappa shape index (κ2) is 7.92. The van der Waals surface area contributed by atoms with Gasteiger partial charge in [0.2, 0.25) is 0 Å². The largest absolute Gasteiger partial charge is 0.309 e. The summed E-state index contributed by atoms with van der Waals surface area (Å²) in [4.78, 5) is 0.841. The maximum atomic E-state index is 14.2. The van der Waals surface area contributed by atoms with E-state index in [0.717, 1.165) is 11.4 Å². The summed E-state index contributed by atoms with van der Waals surface area (Å²) < 4.78 is 27.9. The van der Waals surface area contributed by atoms with Crippen LogP contribution in [0.4, 0.5) is 8.78 Å². The molecule has 0 aliphatic carbocycles. The summed E-state index contributed by atoms with van der Waals surface area (Å²) in [7, 11) is 0. The summed E-state index contributed by atoms with van der Waals surface area (Å²) in [6, 6.07) is 11.6. The number of thioether (sulfide) groups is 1. The van der Waals surface area contributed by atoms with Crippen LogP contribution in [0.1, 0.15) is 18.5 Å². The Morgan fingerprint density at radius 2 is 1.95 bits per heavy atom. The smallest absolute Gasteiger partial charge is 0.142 e. The van der Waals surface area contributed by atoms with Gasteiger partial charge in [-0.05, 0) is 46.7 Å². The molecule has 1 atom stereocenters. The van der Waals surface area contributed by atoms with Crippen molar-refractivity contribution in [3.63, 3.8) is 0 Å². The Bertz CT molecular complexity index is 607. The third-order valence-corrected chi connectivity index (χ3v) is 4.72. The predicted octanol–water partition coefficient (Wildman–Crippen LogP) is 5.17. The molecule has 2 rings (SSSR count). The van der Waals surface area contributed by atoms with E-state index in [9.17, 15) is 8.78 Å². The van der Waals surface area contributed by atoms with Gasteiger partial charge in [-0.25, -0.2) is 8.78 Å². The first-order valence-electron chi connectivity index (χ1n) is 6.67. The molecular weight excluding hydrogens is 356 g/mol. The number of benzene rings is 2. The van der Waals surface area contributed by atoms with Crippen molar-refractivity contribution in [1.82, 2.24) is 5.32 Å². The van der Waals surface area contributed by atoms with Crippen LogP contribution in [0.25, 0.3) is 0 Å². The van der Waals surface area contributed by atoms with E-state index >= 15 is 0 Å². The molecule has 0 heterocycles. The molecule has 0 radical (unpaired) electrons. The van der Waals surface area contributed by atoms with Crippen molar-refractivity contribution in [2.75, 3.05) is 12.3 Å². The van der Waals surface area contributed by atoms with Crippen LogP contribution < -0.4 is 5.32 Å². The molecule has 0 aromatic heterocycles. The lowest BCUT2D eigenvalue weighted by molar-refractivity contribution is 0.542. The van der Waals surface area contributed by atoms with Crippen molar-refractivity contribution in [2.24, 2.45) is 0 Å². The Hall–Kier alpha value is -0.910. The molecule has 21 heavy (non-hydrogen) atoms. The third kappa shape index (κ3) is 4.53. The van der Waals surface area contributed by atoms with Crippen LogP contribution in [-0.2, 0) is 0 Å². The van der Waals surface area contributed by atoms with Gasteiger partial charge < -0.3 is 5.32 Å². The van der Waals surface area contributed by atoms with E-state index in [0.29, 0.717) is 15.8 Å². The topological polar surface area (TPSA) is 12.0 Å². The van der Waals surface area contributed by atoms with E-state index < -0.39 is 0 Å². The number of hydrogen-bond acceptors (Lipinski definition) is 2. The lowest BCUT2D eigenvalue weighted by atomic mass is 10.1. The normalized spacial score (nSPS) is 12.4. The summed E-state index contributed by atoms with van der Waals surface area (Å²) in [5.41, 5.74) is 0.620.